The molecular formula is C20H22ClNO4S. The highest BCUT2D eigenvalue weighted by atomic mass is 35.5. The molecule has 2 fully saturated rings. The van der Waals surface area contributed by atoms with Crippen molar-refractivity contribution in [3.05, 3.63) is 33.7 Å². The smallest absolute Gasteiger partial charge is 0.311 e. The van der Waals surface area contributed by atoms with E-state index in [9.17, 15) is 14.4 Å². The quantitative estimate of drug-likeness (QED) is 0.392. The molecule has 0 atom stereocenters. The molecule has 27 heavy (non-hydrogen) atoms. The zero-order valence-electron chi connectivity index (χ0n) is 15.0. The molecule has 2 aliphatic rings. The van der Waals surface area contributed by atoms with Crippen LogP contribution in [0.25, 0.3) is 6.08 Å². The van der Waals surface area contributed by atoms with Crippen LogP contribution in [0.2, 0.25) is 5.02 Å². The number of esters is 1. The van der Waals surface area contributed by atoms with E-state index in [-0.39, 0.29) is 5.97 Å². The van der Waals surface area contributed by atoms with E-state index in [0.717, 1.165) is 30.5 Å². The van der Waals surface area contributed by atoms with Crippen LogP contribution in [-0.4, -0.2) is 17.1 Å². The normalized spacial score (nSPS) is 19.4. The van der Waals surface area contributed by atoms with E-state index >= 15 is 0 Å². The maximum absolute atomic E-state index is 12.1. The molecule has 3 rings (SSSR count). The molecule has 2 amide bonds. The zero-order chi connectivity index (χ0) is 19.2. The van der Waals surface area contributed by atoms with Gasteiger partial charge in [0, 0.05) is 6.42 Å². The first-order valence-corrected chi connectivity index (χ1v) is 10.5. The lowest BCUT2D eigenvalue weighted by Gasteiger charge is -2.20. The van der Waals surface area contributed by atoms with Crippen LogP contribution in [0.1, 0.15) is 56.9 Å². The van der Waals surface area contributed by atoms with Crippen LogP contribution < -0.4 is 10.1 Å². The molecule has 7 heteroatoms. The number of rotatable bonds is 6. The lowest BCUT2D eigenvalue weighted by atomic mass is 9.86. The Kier molecular flexibility index (Phi) is 6.96. The van der Waals surface area contributed by atoms with Crippen LogP contribution in [0.4, 0.5) is 4.79 Å². The number of carbonyl (C=O) groups is 3. The summed E-state index contributed by atoms with van der Waals surface area (Å²) in [6.07, 6.45) is 10.4. The van der Waals surface area contributed by atoms with Gasteiger partial charge < -0.3 is 4.74 Å². The van der Waals surface area contributed by atoms with E-state index in [1.54, 1.807) is 24.3 Å². The Bertz CT molecular complexity index is 771. The zero-order valence-corrected chi connectivity index (χ0v) is 16.5. The van der Waals surface area contributed by atoms with Crippen LogP contribution in [0.15, 0.2) is 23.1 Å². The number of hydrogen-bond donors (Lipinski definition) is 1. The standard InChI is InChI=1S/C20H22ClNO4S/c21-15-11-14(12-17-19(24)22-20(25)27-17)9-10-16(15)26-18(23)8-4-7-13-5-2-1-3-6-13/h9-13H,1-8H2,(H,22,24,25). The Balaban J connectivity index is 1.51. The maximum Gasteiger partial charge on any atom is 0.311 e. The number of halogens is 1. The fraction of sp³-hybridized carbons (Fsp3) is 0.450. The summed E-state index contributed by atoms with van der Waals surface area (Å²) in [5, 5.41) is 2.10. The van der Waals surface area contributed by atoms with E-state index in [4.69, 9.17) is 16.3 Å². The van der Waals surface area contributed by atoms with Gasteiger partial charge in [0.2, 0.25) is 0 Å². The van der Waals surface area contributed by atoms with Crippen LogP contribution in [-0.2, 0) is 9.59 Å². The van der Waals surface area contributed by atoms with Crippen molar-refractivity contribution < 1.29 is 19.1 Å². The molecule has 1 aliphatic carbocycles. The van der Waals surface area contributed by atoms with Gasteiger partial charge in [0.05, 0.1) is 9.93 Å². The third-order valence-electron chi connectivity index (χ3n) is 4.84. The van der Waals surface area contributed by atoms with Crippen molar-refractivity contribution in [1.82, 2.24) is 5.32 Å². The minimum atomic E-state index is -0.422. The molecular weight excluding hydrogens is 386 g/mol. The monoisotopic (exact) mass is 407 g/mol. The number of ether oxygens (including phenoxy) is 1. The summed E-state index contributed by atoms with van der Waals surface area (Å²) in [5.41, 5.74) is 0.657. The molecule has 0 aromatic heterocycles. The van der Waals surface area contributed by atoms with Gasteiger partial charge in [-0.1, -0.05) is 49.8 Å². The minimum Gasteiger partial charge on any atom is -0.425 e. The summed E-state index contributed by atoms with van der Waals surface area (Å²) >= 11 is 7.04. The van der Waals surface area contributed by atoms with Crippen molar-refractivity contribution in [2.75, 3.05) is 0 Å². The second-order valence-corrected chi connectivity index (χ2v) is 8.33. The molecule has 0 bridgehead atoms. The molecule has 1 aliphatic heterocycles. The first-order chi connectivity index (χ1) is 13.0. The SMILES string of the molecule is O=C(CCCC1CCCCC1)Oc1ccc(C=C2SC(=O)NC2=O)cc1Cl. The number of benzene rings is 1. The molecule has 1 saturated heterocycles. The lowest BCUT2D eigenvalue weighted by molar-refractivity contribution is -0.134. The van der Waals surface area contributed by atoms with E-state index < -0.39 is 11.1 Å². The van der Waals surface area contributed by atoms with E-state index in [0.29, 0.717) is 27.7 Å². The average molecular weight is 408 g/mol. The van der Waals surface area contributed by atoms with Crippen LogP contribution >= 0.6 is 23.4 Å². The molecule has 0 spiro atoms. The van der Waals surface area contributed by atoms with Gasteiger partial charge in [-0.2, -0.15) is 0 Å². The van der Waals surface area contributed by atoms with E-state index in [2.05, 4.69) is 5.32 Å². The number of thioether (sulfide) groups is 1. The number of amides is 2. The summed E-state index contributed by atoms with van der Waals surface area (Å²) in [7, 11) is 0. The summed E-state index contributed by atoms with van der Waals surface area (Å²) < 4.78 is 5.37. The Morgan fingerprint density at radius 1 is 1.26 bits per heavy atom. The van der Waals surface area contributed by atoms with Crippen molar-refractivity contribution in [1.29, 1.82) is 0 Å². The van der Waals surface area contributed by atoms with Gasteiger partial charge in [0.25, 0.3) is 11.1 Å². The van der Waals surface area contributed by atoms with Crippen LogP contribution in [0.5, 0.6) is 5.75 Å². The molecule has 1 aromatic rings. The molecule has 0 radical (unpaired) electrons. The molecule has 1 N–H and O–H groups in total. The highest BCUT2D eigenvalue weighted by molar-refractivity contribution is 8.18. The van der Waals surface area contributed by atoms with Crippen molar-refractivity contribution in [3.8, 4) is 5.75 Å². The average Bonchev–Trinajstić information content (AvgIpc) is 2.95. The second kappa shape index (κ2) is 9.42. The second-order valence-electron chi connectivity index (χ2n) is 6.91. The van der Waals surface area contributed by atoms with Gasteiger partial charge in [-0.3, -0.25) is 19.7 Å². The third-order valence-corrected chi connectivity index (χ3v) is 5.94. The molecule has 1 aromatic carbocycles. The molecule has 0 unspecified atom stereocenters. The summed E-state index contributed by atoms with van der Waals surface area (Å²) in [6.45, 7) is 0. The number of imide groups is 1. The lowest BCUT2D eigenvalue weighted by Crippen LogP contribution is -2.17. The first kappa shape index (κ1) is 20.0. The van der Waals surface area contributed by atoms with E-state index in [1.165, 1.54) is 32.1 Å². The predicted molar refractivity (Wildman–Crippen MR) is 107 cm³/mol. The summed E-state index contributed by atoms with van der Waals surface area (Å²) in [5.74, 6) is 0.353. The van der Waals surface area contributed by atoms with Crippen LogP contribution in [0, 0.1) is 5.92 Å². The van der Waals surface area contributed by atoms with E-state index in [1.807, 2.05) is 0 Å². The maximum atomic E-state index is 12.1. The fourth-order valence-electron chi connectivity index (χ4n) is 3.45. The van der Waals surface area contributed by atoms with Gasteiger partial charge in [-0.15, -0.1) is 0 Å². The van der Waals surface area contributed by atoms with Gasteiger partial charge in [0.15, 0.2) is 0 Å². The largest absolute Gasteiger partial charge is 0.425 e. The van der Waals surface area contributed by atoms with Gasteiger partial charge in [0.1, 0.15) is 5.75 Å². The topological polar surface area (TPSA) is 72.5 Å². The highest BCUT2D eigenvalue weighted by Gasteiger charge is 2.25. The minimum absolute atomic E-state index is 0.282. The Labute approximate surface area is 167 Å². The van der Waals surface area contributed by atoms with Gasteiger partial charge in [-0.05, 0) is 54.3 Å². The molecule has 1 saturated carbocycles. The van der Waals surface area contributed by atoms with Gasteiger partial charge in [-0.25, -0.2) is 0 Å². The summed E-state index contributed by atoms with van der Waals surface area (Å²) in [4.78, 5) is 35.1. The molecule has 144 valence electrons. The number of nitrogens with one attached hydrogen (secondary N) is 1. The highest BCUT2D eigenvalue weighted by Crippen LogP contribution is 2.31. The number of hydrogen-bond acceptors (Lipinski definition) is 5. The Morgan fingerprint density at radius 3 is 2.70 bits per heavy atom. The van der Waals surface area contributed by atoms with Crippen molar-refractivity contribution in [3.63, 3.8) is 0 Å². The van der Waals surface area contributed by atoms with Crippen molar-refractivity contribution >= 4 is 46.6 Å². The van der Waals surface area contributed by atoms with Crippen molar-refractivity contribution in [2.45, 2.75) is 51.4 Å². The third kappa shape index (κ3) is 5.84. The molecule has 5 nitrogen and oxygen atoms in total. The first-order valence-electron chi connectivity index (χ1n) is 9.26. The Morgan fingerprint density at radius 2 is 2.04 bits per heavy atom. The van der Waals surface area contributed by atoms with Crippen LogP contribution in [0.3, 0.4) is 0 Å². The van der Waals surface area contributed by atoms with Gasteiger partial charge >= 0.3 is 5.97 Å². The molecule has 1 heterocycles. The fourth-order valence-corrected chi connectivity index (χ4v) is 4.36. The van der Waals surface area contributed by atoms with Crippen molar-refractivity contribution in [2.24, 2.45) is 5.92 Å². The predicted octanol–water partition coefficient (Wildman–Crippen LogP) is 5.32. The Hall–Kier alpha value is -1.79. The number of carbonyl (C=O) groups excluding carboxylic acids is 3. The summed E-state index contributed by atoms with van der Waals surface area (Å²) in [6, 6.07) is 4.91.